The van der Waals surface area contributed by atoms with Crippen LogP contribution < -0.4 is 16.1 Å². The minimum Gasteiger partial charge on any atom is -0.353 e. The molecule has 3 aromatic rings. The molecule has 3 N–H and O–H groups in total. The number of aromatic nitrogens is 3. The maximum Gasteiger partial charge on any atom is 0.276 e. The zero-order chi connectivity index (χ0) is 20.3. The lowest BCUT2D eigenvalue weighted by atomic mass is 10.1. The van der Waals surface area contributed by atoms with Crippen LogP contribution in [-0.2, 0) is 11.9 Å². The number of anilines is 4. The average molecular weight is 405 g/mol. The molecule has 0 fully saturated rings. The quantitative estimate of drug-likeness (QED) is 0.542. The Hall–Kier alpha value is -3.17. The molecule has 0 saturated carbocycles. The Kier molecular flexibility index (Phi) is 5.76. The first-order valence-corrected chi connectivity index (χ1v) is 8.58. The third kappa shape index (κ3) is 4.21. The van der Waals surface area contributed by atoms with Crippen LogP contribution in [0.15, 0.2) is 36.7 Å². The van der Waals surface area contributed by atoms with Crippen LogP contribution in [0.2, 0.25) is 5.02 Å². The monoisotopic (exact) mass is 404 g/mol. The van der Waals surface area contributed by atoms with Crippen LogP contribution in [0, 0.1) is 12.7 Å². The summed E-state index contributed by atoms with van der Waals surface area (Å²) < 4.78 is 15.5. The number of pyridine rings is 1. The molecule has 1 amide bonds. The van der Waals surface area contributed by atoms with Crippen LogP contribution in [0.5, 0.6) is 0 Å². The number of benzene rings is 1. The predicted octanol–water partition coefficient (Wildman–Crippen LogP) is 3.69. The molecule has 0 spiro atoms. The summed E-state index contributed by atoms with van der Waals surface area (Å²) in [5, 5.41) is 10.6. The smallest absolute Gasteiger partial charge is 0.276 e. The van der Waals surface area contributed by atoms with E-state index in [4.69, 9.17) is 11.6 Å². The van der Waals surface area contributed by atoms with Gasteiger partial charge in [0.05, 0.1) is 52.8 Å². The Bertz CT molecular complexity index is 1020. The number of nitrogens with one attached hydrogen (secondary N) is 3. The zero-order valence-corrected chi connectivity index (χ0v) is 16.1. The normalized spacial score (nSPS) is 10.6. The fraction of sp³-hybridized carbons (Fsp3) is 0.167. The lowest BCUT2D eigenvalue weighted by molar-refractivity contribution is 0.0538. The Morgan fingerprint density at radius 3 is 2.64 bits per heavy atom. The van der Waals surface area contributed by atoms with Crippen LogP contribution in [0.25, 0.3) is 0 Å². The topological polar surface area (TPSA) is 93.1 Å². The molecule has 2 aromatic heterocycles. The Balaban J connectivity index is 1.91. The summed E-state index contributed by atoms with van der Waals surface area (Å²) in [5.74, 6) is -0.534. The molecule has 1 aromatic carbocycles. The summed E-state index contributed by atoms with van der Waals surface area (Å²) in [6.45, 7) is 1.91. The molecule has 0 aliphatic carbocycles. The van der Waals surface area contributed by atoms with Crippen LogP contribution in [0.4, 0.5) is 27.3 Å². The molecule has 0 radical (unpaired) electrons. The molecule has 0 aliphatic heterocycles. The average Bonchev–Trinajstić information content (AvgIpc) is 2.97. The first-order valence-electron chi connectivity index (χ1n) is 8.20. The number of hydroxylamine groups is 1. The molecule has 8 nitrogen and oxygen atoms in total. The number of halogens is 2. The van der Waals surface area contributed by atoms with E-state index in [0.29, 0.717) is 16.5 Å². The third-order valence-corrected chi connectivity index (χ3v) is 4.34. The minimum atomic E-state index is -0.528. The third-order valence-electron chi connectivity index (χ3n) is 4.04. The lowest BCUT2D eigenvalue weighted by Gasteiger charge is -2.14. The molecule has 2 heterocycles. The van der Waals surface area contributed by atoms with Gasteiger partial charge in [0.25, 0.3) is 5.91 Å². The second kappa shape index (κ2) is 8.24. The molecule has 0 bridgehead atoms. The highest BCUT2D eigenvalue weighted by atomic mass is 35.5. The number of hydrogen-bond donors (Lipinski definition) is 3. The summed E-state index contributed by atoms with van der Waals surface area (Å²) in [6.07, 6.45) is 3.13. The Morgan fingerprint density at radius 1 is 1.18 bits per heavy atom. The van der Waals surface area contributed by atoms with Crippen molar-refractivity contribution in [3.05, 3.63) is 58.8 Å². The number of hydrogen-bond acceptors (Lipinski definition) is 6. The van der Waals surface area contributed by atoms with Crippen LogP contribution in [-0.4, -0.2) is 27.8 Å². The van der Waals surface area contributed by atoms with Crippen LogP contribution >= 0.6 is 11.6 Å². The zero-order valence-electron chi connectivity index (χ0n) is 15.4. The highest BCUT2D eigenvalue weighted by Gasteiger charge is 2.15. The summed E-state index contributed by atoms with van der Waals surface area (Å²) in [6, 6.07) is 5.37. The van der Waals surface area contributed by atoms with E-state index in [1.165, 1.54) is 31.5 Å². The highest BCUT2D eigenvalue weighted by Crippen LogP contribution is 2.30. The molecule has 3 rings (SSSR count). The van der Waals surface area contributed by atoms with E-state index in [1.54, 1.807) is 16.9 Å². The van der Waals surface area contributed by atoms with Crippen LogP contribution in [0.1, 0.15) is 16.1 Å². The van der Waals surface area contributed by atoms with E-state index < -0.39 is 11.7 Å². The maximum absolute atomic E-state index is 13.7. The summed E-state index contributed by atoms with van der Waals surface area (Å²) in [5.41, 5.74) is 4.78. The number of rotatable bonds is 6. The molecule has 10 heteroatoms. The first-order chi connectivity index (χ1) is 13.4. The largest absolute Gasteiger partial charge is 0.353 e. The van der Waals surface area contributed by atoms with Gasteiger partial charge in [0.1, 0.15) is 11.6 Å². The van der Waals surface area contributed by atoms with Crippen LogP contribution in [0.3, 0.4) is 0 Å². The number of carbonyl (C=O) groups is 1. The summed E-state index contributed by atoms with van der Waals surface area (Å²) >= 11 is 6.23. The van der Waals surface area contributed by atoms with Crippen molar-refractivity contribution in [3.63, 3.8) is 0 Å². The minimum absolute atomic E-state index is 0.189. The molecule has 0 aliphatic rings. The second-order valence-corrected chi connectivity index (χ2v) is 6.30. The fourth-order valence-corrected chi connectivity index (χ4v) is 2.62. The van der Waals surface area contributed by atoms with E-state index in [-0.39, 0.29) is 11.3 Å². The SMILES string of the molecule is CONC(=O)c1ccc(F)cc1Nc1cc(Nc2cnn(C)c2C)ncc1Cl. The van der Waals surface area contributed by atoms with E-state index >= 15 is 0 Å². The standard InChI is InChI=1S/C18H18ClFN6O2/c1-10-16(9-22-26(10)2)24-17-7-15(13(19)8-21-17)23-14-6-11(20)4-5-12(14)18(27)25-28-3/h4-9H,1-3H3,(H,25,27)(H2,21,23,24). The summed E-state index contributed by atoms with van der Waals surface area (Å²) in [7, 11) is 3.14. The van der Waals surface area contributed by atoms with Gasteiger partial charge in [0.2, 0.25) is 0 Å². The van der Waals surface area contributed by atoms with Crippen molar-refractivity contribution in [3.8, 4) is 0 Å². The van der Waals surface area contributed by atoms with Gasteiger partial charge >= 0.3 is 0 Å². The van der Waals surface area contributed by atoms with Crippen molar-refractivity contribution in [1.29, 1.82) is 0 Å². The molecule has 0 atom stereocenters. The number of nitrogens with zero attached hydrogens (tertiary/aromatic N) is 3. The number of carbonyl (C=O) groups excluding carboxylic acids is 1. The molecule has 146 valence electrons. The van der Waals surface area contributed by atoms with Gasteiger partial charge in [-0.3, -0.25) is 14.3 Å². The van der Waals surface area contributed by atoms with Crippen molar-refractivity contribution in [2.75, 3.05) is 17.7 Å². The highest BCUT2D eigenvalue weighted by molar-refractivity contribution is 6.33. The molecular weight excluding hydrogens is 387 g/mol. The van der Waals surface area contributed by atoms with Gasteiger partial charge in [0.15, 0.2) is 0 Å². The predicted molar refractivity (Wildman–Crippen MR) is 105 cm³/mol. The van der Waals surface area contributed by atoms with Gasteiger partial charge in [-0.25, -0.2) is 14.9 Å². The van der Waals surface area contributed by atoms with Gasteiger partial charge in [-0.1, -0.05) is 11.6 Å². The van der Waals surface area contributed by atoms with E-state index in [9.17, 15) is 9.18 Å². The van der Waals surface area contributed by atoms with Gasteiger partial charge < -0.3 is 10.6 Å². The number of aryl methyl sites for hydroxylation is 1. The van der Waals surface area contributed by atoms with Gasteiger partial charge in [-0.2, -0.15) is 5.10 Å². The summed E-state index contributed by atoms with van der Waals surface area (Å²) in [4.78, 5) is 21.0. The van der Waals surface area contributed by atoms with E-state index in [2.05, 4.69) is 31.0 Å². The maximum atomic E-state index is 13.7. The van der Waals surface area contributed by atoms with Crippen molar-refractivity contribution >= 4 is 40.4 Å². The van der Waals surface area contributed by atoms with Gasteiger partial charge in [-0.05, 0) is 25.1 Å². The van der Waals surface area contributed by atoms with Crippen molar-refractivity contribution in [2.45, 2.75) is 6.92 Å². The van der Waals surface area contributed by atoms with E-state index in [0.717, 1.165) is 11.4 Å². The fourth-order valence-electron chi connectivity index (χ4n) is 2.47. The molecule has 28 heavy (non-hydrogen) atoms. The Morgan fingerprint density at radius 2 is 1.96 bits per heavy atom. The van der Waals surface area contributed by atoms with E-state index in [1.807, 2.05) is 14.0 Å². The van der Waals surface area contributed by atoms with Crippen molar-refractivity contribution in [1.82, 2.24) is 20.2 Å². The van der Waals surface area contributed by atoms with Gasteiger partial charge in [0, 0.05) is 13.1 Å². The Labute approximate surface area is 165 Å². The lowest BCUT2D eigenvalue weighted by Crippen LogP contribution is -2.22. The van der Waals surface area contributed by atoms with Crippen molar-refractivity contribution < 1.29 is 14.0 Å². The second-order valence-electron chi connectivity index (χ2n) is 5.89. The molecular formula is C18H18ClFN6O2. The van der Waals surface area contributed by atoms with Crippen molar-refractivity contribution in [2.24, 2.45) is 7.05 Å². The van der Waals surface area contributed by atoms with Gasteiger partial charge in [-0.15, -0.1) is 0 Å². The molecule has 0 saturated heterocycles. The molecule has 0 unspecified atom stereocenters. The first kappa shape index (κ1) is 19.6. The number of amides is 1.